The van der Waals surface area contributed by atoms with Crippen LogP contribution in [0.2, 0.25) is 0 Å². The Hall–Kier alpha value is -2.14. The van der Waals surface area contributed by atoms with Gasteiger partial charge < -0.3 is 9.30 Å². The van der Waals surface area contributed by atoms with Crippen molar-refractivity contribution in [3.8, 4) is 0 Å². The first-order chi connectivity index (χ1) is 10.7. The number of fused-ring (bicyclic) bond motifs is 1. The molecule has 0 bridgehead atoms. The lowest BCUT2D eigenvalue weighted by Gasteiger charge is -2.21. The van der Waals surface area contributed by atoms with Gasteiger partial charge in [-0.15, -0.1) is 11.3 Å². The van der Waals surface area contributed by atoms with E-state index in [9.17, 15) is 4.79 Å². The van der Waals surface area contributed by atoms with E-state index >= 15 is 0 Å². The number of thiophene rings is 1. The Morgan fingerprint density at radius 1 is 1.45 bits per heavy atom. The molecule has 112 valence electrons. The van der Waals surface area contributed by atoms with Gasteiger partial charge >= 0.3 is 0 Å². The van der Waals surface area contributed by atoms with Gasteiger partial charge in [0.05, 0.1) is 23.3 Å². The van der Waals surface area contributed by atoms with Gasteiger partial charge in [0, 0.05) is 12.2 Å². The second-order valence-electron chi connectivity index (χ2n) is 5.83. The van der Waals surface area contributed by atoms with Crippen molar-refractivity contribution in [3.05, 3.63) is 58.2 Å². The molecule has 1 aliphatic carbocycles. The number of hydrogen-bond donors (Lipinski definition) is 0. The first-order valence-corrected chi connectivity index (χ1v) is 8.37. The van der Waals surface area contributed by atoms with Crippen LogP contribution in [0.25, 0.3) is 5.65 Å². The van der Waals surface area contributed by atoms with E-state index in [-0.39, 0.29) is 5.91 Å². The SMILES string of the molecule is Cc1csc(C(=O)N(Cc2cnc3ccccn23)C2CC2)c1. The second kappa shape index (κ2) is 5.25. The molecule has 1 amide bonds. The van der Waals surface area contributed by atoms with E-state index in [1.54, 1.807) is 0 Å². The highest BCUT2D eigenvalue weighted by molar-refractivity contribution is 7.12. The fourth-order valence-corrected chi connectivity index (χ4v) is 3.57. The Morgan fingerprint density at radius 3 is 3.05 bits per heavy atom. The molecule has 0 aliphatic heterocycles. The molecule has 3 aromatic rings. The van der Waals surface area contributed by atoms with E-state index in [1.807, 2.05) is 53.9 Å². The third-order valence-electron chi connectivity index (χ3n) is 4.02. The molecular formula is C17H17N3OS. The molecule has 5 heteroatoms. The minimum atomic E-state index is 0.145. The van der Waals surface area contributed by atoms with Gasteiger partial charge in [0.1, 0.15) is 5.65 Å². The highest BCUT2D eigenvalue weighted by Gasteiger charge is 2.34. The van der Waals surface area contributed by atoms with Gasteiger partial charge in [-0.25, -0.2) is 4.98 Å². The highest BCUT2D eigenvalue weighted by atomic mass is 32.1. The number of imidazole rings is 1. The lowest BCUT2D eigenvalue weighted by Crippen LogP contribution is -2.32. The Bertz CT molecular complexity index is 831. The fraction of sp³-hybridized carbons (Fsp3) is 0.294. The monoisotopic (exact) mass is 311 g/mol. The van der Waals surface area contributed by atoms with Crippen LogP contribution in [0, 0.1) is 6.92 Å². The van der Waals surface area contributed by atoms with Gasteiger partial charge in [0.2, 0.25) is 0 Å². The first kappa shape index (κ1) is 13.5. The number of carbonyl (C=O) groups is 1. The molecular weight excluding hydrogens is 294 g/mol. The summed E-state index contributed by atoms with van der Waals surface area (Å²) in [7, 11) is 0. The van der Waals surface area contributed by atoms with Crippen LogP contribution in [0.1, 0.15) is 33.8 Å². The average molecular weight is 311 g/mol. The van der Waals surface area contributed by atoms with Gasteiger partial charge in [-0.05, 0) is 48.9 Å². The number of rotatable bonds is 4. The van der Waals surface area contributed by atoms with Crippen molar-refractivity contribution in [1.29, 1.82) is 0 Å². The van der Waals surface area contributed by atoms with Crippen molar-refractivity contribution >= 4 is 22.9 Å². The minimum absolute atomic E-state index is 0.145. The summed E-state index contributed by atoms with van der Waals surface area (Å²) in [5.74, 6) is 0.145. The van der Waals surface area contributed by atoms with Crippen LogP contribution < -0.4 is 0 Å². The average Bonchev–Trinajstić information content (AvgIpc) is 3.15. The van der Waals surface area contributed by atoms with Gasteiger partial charge in [0.15, 0.2) is 0 Å². The number of carbonyl (C=O) groups excluding carboxylic acids is 1. The molecule has 3 heterocycles. The number of aromatic nitrogens is 2. The third-order valence-corrected chi connectivity index (χ3v) is 5.05. The van der Waals surface area contributed by atoms with Crippen LogP contribution in [0.5, 0.6) is 0 Å². The molecule has 0 unspecified atom stereocenters. The number of pyridine rings is 1. The van der Waals surface area contributed by atoms with E-state index in [0.717, 1.165) is 34.6 Å². The molecule has 0 saturated heterocycles. The number of aryl methyl sites for hydroxylation is 1. The predicted molar refractivity (Wildman–Crippen MR) is 87.1 cm³/mol. The number of hydrogen-bond acceptors (Lipinski definition) is 3. The Kier molecular flexibility index (Phi) is 3.22. The summed E-state index contributed by atoms with van der Waals surface area (Å²) < 4.78 is 2.06. The molecule has 3 aromatic heterocycles. The van der Waals surface area contributed by atoms with Gasteiger partial charge in [-0.3, -0.25) is 4.79 Å². The van der Waals surface area contributed by atoms with Crippen LogP contribution in [0.4, 0.5) is 0 Å². The lowest BCUT2D eigenvalue weighted by molar-refractivity contribution is 0.0732. The molecule has 4 rings (SSSR count). The van der Waals surface area contributed by atoms with Crippen LogP contribution >= 0.6 is 11.3 Å². The van der Waals surface area contributed by atoms with Crippen LogP contribution in [0.3, 0.4) is 0 Å². The van der Waals surface area contributed by atoms with Crippen LogP contribution in [-0.4, -0.2) is 26.2 Å². The molecule has 1 aliphatic rings. The van der Waals surface area contributed by atoms with E-state index in [4.69, 9.17) is 0 Å². The van der Waals surface area contributed by atoms with Crippen LogP contribution in [-0.2, 0) is 6.54 Å². The summed E-state index contributed by atoms with van der Waals surface area (Å²) in [6.45, 7) is 2.64. The molecule has 1 saturated carbocycles. The van der Waals surface area contributed by atoms with E-state index in [1.165, 1.54) is 11.3 Å². The summed E-state index contributed by atoms with van der Waals surface area (Å²) in [5, 5.41) is 2.03. The molecule has 4 nitrogen and oxygen atoms in total. The van der Waals surface area contributed by atoms with E-state index in [2.05, 4.69) is 9.38 Å². The van der Waals surface area contributed by atoms with Crippen molar-refractivity contribution < 1.29 is 4.79 Å². The summed E-state index contributed by atoms with van der Waals surface area (Å²) in [6, 6.07) is 8.31. The van der Waals surface area contributed by atoms with Gasteiger partial charge in [-0.1, -0.05) is 6.07 Å². The molecule has 0 radical (unpaired) electrons. The quantitative estimate of drug-likeness (QED) is 0.739. The molecule has 0 aromatic carbocycles. The van der Waals surface area contributed by atoms with Crippen molar-refractivity contribution in [2.75, 3.05) is 0 Å². The second-order valence-corrected chi connectivity index (χ2v) is 6.74. The topological polar surface area (TPSA) is 37.6 Å². The van der Waals surface area contributed by atoms with Gasteiger partial charge in [-0.2, -0.15) is 0 Å². The maximum absolute atomic E-state index is 12.8. The summed E-state index contributed by atoms with van der Waals surface area (Å²) in [6.07, 6.45) is 6.08. The van der Waals surface area contributed by atoms with Crippen molar-refractivity contribution in [2.24, 2.45) is 0 Å². The Balaban J connectivity index is 1.64. The normalized spacial score (nSPS) is 14.4. The maximum Gasteiger partial charge on any atom is 0.264 e. The maximum atomic E-state index is 12.8. The summed E-state index contributed by atoms with van der Waals surface area (Å²) >= 11 is 1.53. The highest BCUT2D eigenvalue weighted by Crippen LogP contribution is 2.31. The summed E-state index contributed by atoms with van der Waals surface area (Å²) in [5.41, 5.74) is 3.13. The predicted octanol–water partition coefficient (Wildman–Crippen LogP) is 3.51. The molecule has 0 atom stereocenters. The van der Waals surface area contributed by atoms with Crippen LogP contribution in [0.15, 0.2) is 42.0 Å². The fourth-order valence-electron chi connectivity index (χ4n) is 2.71. The largest absolute Gasteiger partial charge is 0.329 e. The minimum Gasteiger partial charge on any atom is -0.329 e. The lowest BCUT2D eigenvalue weighted by atomic mass is 10.3. The molecule has 22 heavy (non-hydrogen) atoms. The zero-order valence-electron chi connectivity index (χ0n) is 12.4. The van der Waals surface area contributed by atoms with Crippen molar-refractivity contribution in [2.45, 2.75) is 32.4 Å². The number of amides is 1. The molecule has 0 N–H and O–H groups in total. The Morgan fingerprint density at radius 2 is 2.32 bits per heavy atom. The molecule has 1 fully saturated rings. The van der Waals surface area contributed by atoms with Crippen molar-refractivity contribution in [3.63, 3.8) is 0 Å². The first-order valence-electron chi connectivity index (χ1n) is 7.49. The molecule has 0 spiro atoms. The van der Waals surface area contributed by atoms with E-state index in [0.29, 0.717) is 12.6 Å². The number of nitrogens with zero attached hydrogens (tertiary/aromatic N) is 3. The van der Waals surface area contributed by atoms with E-state index < -0.39 is 0 Å². The third kappa shape index (κ3) is 2.41. The van der Waals surface area contributed by atoms with Gasteiger partial charge in [0.25, 0.3) is 5.91 Å². The standard InChI is InChI=1S/C17H17N3OS/c1-12-8-15(22-11-12)17(21)20(13-5-6-13)10-14-9-18-16-4-2-3-7-19(14)16/h2-4,7-9,11,13H,5-6,10H2,1H3. The zero-order chi connectivity index (χ0) is 15.1. The van der Waals surface area contributed by atoms with Crippen molar-refractivity contribution in [1.82, 2.24) is 14.3 Å². The summed E-state index contributed by atoms with van der Waals surface area (Å²) in [4.78, 5) is 20.1. The Labute approximate surface area is 133 Å². The zero-order valence-corrected chi connectivity index (χ0v) is 13.2. The smallest absolute Gasteiger partial charge is 0.264 e.